The van der Waals surface area contributed by atoms with Crippen LogP contribution in [0, 0.1) is 0 Å². The molecule has 0 aromatic heterocycles. The van der Waals surface area contributed by atoms with Crippen molar-refractivity contribution in [2.45, 2.75) is 18.9 Å². The van der Waals surface area contributed by atoms with Crippen LogP contribution >= 0.6 is 0 Å². The van der Waals surface area contributed by atoms with E-state index in [1.807, 2.05) is 0 Å². The van der Waals surface area contributed by atoms with Gasteiger partial charge in [-0.2, -0.15) is 0 Å². The van der Waals surface area contributed by atoms with Crippen molar-refractivity contribution >= 4 is 55.0 Å². The summed E-state index contributed by atoms with van der Waals surface area (Å²) < 4.78 is 6.44. The Hall–Kier alpha value is -5.60. The number of nitrogens with zero attached hydrogens (tertiary/aromatic N) is 1. The fraction of sp³-hybridized carbons (Fsp3) is 0.0698. The second-order valence-corrected chi connectivity index (χ2v) is 12.3. The minimum absolute atomic E-state index is 0.297. The van der Waals surface area contributed by atoms with Crippen molar-refractivity contribution in [1.82, 2.24) is 0 Å². The molecule has 0 spiro atoms. The zero-order valence-electron chi connectivity index (χ0n) is 25.1. The maximum Gasteiger partial charge on any atom is 0.135 e. The van der Waals surface area contributed by atoms with Crippen molar-refractivity contribution < 1.29 is 4.74 Å². The first-order valence-corrected chi connectivity index (χ1v) is 15.7. The molecule has 0 radical (unpaired) electrons. The summed E-state index contributed by atoms with van der Waals surface area (Å²) in [5.74, 6) is 0.955. The molecule has 7 aromatic carbocycles. The van der Waals surface area contributed by atoms with E-state index in [2.05, 4.69) is 170 Å². The Morgan fingerprint density at radius 2 is 1.22 bits per heavy atom. The monoisotopic (exact) mass is 577 g/mol. The summed E-state index contributed by atoms with van der Waals surface area (Å²) in [5, 5.41) is 7.72. The molecule has 0 saturated carbocycles. The summed E-state index contributed by atoms with van der Waals surface area (Å²) in [7, 11) is 0. The van der Waals surface area contributed by atoms with Crippen LogP contribution < -0.4 is 9.64 Å². The van der Waals surface area contributed by atoms with Gasteiger partial charge in [0.05, 0.1) is 0 Å². The third-order valence-electron chi connectivity index (χ3n) is 9.54. The molecule has 1 aliphatic carbocycles. The Kier molecular flexibility index (Phi) is 5.73. The number of ether oxygens (including phenoxy) is 1. The van der Waals surface area contributed by atoms with Crippen LogP contribution in [0.15, 0.2) is 158 Å². The summed E-state index contributed by atoms with van der Waals surface area (Å²) >= 11 is 0. The highest BCUT2D eigenvalue weighted by Crippen LogP contribution is 2.49. The molecule has 0 N–H and O–H groups in total. The normalized spacial score (nSPS) is 16.8. The zero-order chi connectivity index (χ0) is 30.0. The van der Waals surface area contributed by atoms with Crippen LogP contribution in [0.25, 0.3) is 49.0 Å². The maximum atomic E-state index is 6.44. The molecule has 7 aromatic rings. The van der Waals surface area contributed by atoms with Crippen LogP contribution in [0.4, 0.5) is 17.1 Å². The predicted molar refractivity (Wildman–Crippen MR) is 190 cm³/mol. The van der Waals surface area contributed by atoms with Crippen LogP contribution in [-0.2, 0) is 0 Å². The van der Waals surface area contributed by atoms with E-state index in [1.165, 1.54) is 54.6 Å². The molecule has 0 saturated heterocycles. The smallest absolute Gasteiger partial charge is 0.135 e. The first-order chi connectivity index (χ1) is 22.1. The predicted octanol–water partition coefficient (Wildman–Crippen LogP) is 11.8. The van der Waals surface area contributed by atoms with Crippen molar-refractivity contribution in [3.8, 4) is 16.9 Å². The summed E-state index contributed by atoms with van der Waals surface area (Å²) in [6, 6.07) is 50.6. The van der Waals surface area contributed by atoms with Gasteiger partial charge in [0.25, 0.3) is 0 Å². The number of hydrogen-bond acceptors (Lipinski definition) is 2. The van der Waals surface area contributed by atoms with Gasteiger partial charge in [0, 0.05) is 34.6 Å². The first-order valence-electron chi connectivity index (χ1n) is 15.7. The van der Waals surface area contributed by atoms with Crippen molar-refractivity contribution in [1.29, 1.82) is 0 Å². The quantitative estimate of drug-likeness (QED) is 0.193. The molecule has 2 heteroatoms. The van der Waals surface area contributed by atoms with Gasteiger partial charge in [0.15, 0.2) is 0 Å². The molecular weight excluding hydrogens is 546 g/mol. The van der Waals surface area contributed by atoms with E-state index < -0.39 is 0 Å². The lowest BCUT2D eigenvalue weighted by atomic mass is 9.86. The molecule has 0 amide bonds. The van der Waals surface area contributed by atoms with Gasteiger partial charge < -0.3 is 9.64 Å². The molecule has 1 unspecified atom stereocenters. The van der Waals surface area contributed by atoms with E-state index >= 15 is 0 Å². The SMILES string of the molecule is CC12CC=CC=C1c1cc(N(c3ccccc3)c3ccc(-c4ccc5c(ccc6c7ccccc7ccc56)c4)cc3)ccc1O2. The lowest BCUT2D eigenvalue weighted by Crippen LogP contribution is -2.29. The standard InChI is InChI=1S/C43H31NO/c1-43-26-8-7-13-41(43)40-28-35(21-25-42(40)45-43)44(33-10-3-2-4-11-33)34-19-14-29(15-20-34)31-17-22-37-32(27-31)18-24-38-36-12-6-5-9-30(36)16-23-39(37)38/h2-25,27-28H,26H2,1H3. The Morgan fingerprint density at radius 3 is 2.07 bits per heavy atom. The van der Waals surface area contributed by atoms with Crippen molar-refractivity contribution in [2.75, 3.05) is 4.90 Å². The van der Waals surface area contributed by atoms with Gasteiger partial charge >= 0.3 is 0 Å². The zero-order valence-corrected chi connectivity index (χ0v) is 25.1. The van der Waals surface area contributed by atoms with Crippen molar-refractivity contribution in [3.63, 3.8) is 0 Å². The molecule has 2 nitrogen and oxygen atoms in total. The number of hydrogen-bond donors (Lipinski definition) is 0. The van der Waals surface area contributed by atoms with Gasteiger partial charge in [-0.05, 0) is 98.9 Å². The van der Waals surface area contributed by atoms with E-state index in [-0.39, 0.29) is 5.60 Å². The van der Waals surface area contributed by atoms with Crippen LogP contribution in [0.5, 0.6) is 5.75 Å². The molecule has 1 heterocycles. The molecule has 1 aliphatic heterocycles. The van der Waals surface area contributed by atoms with Gasteiger partial charge in [-0.1, -0.05) is 109 Å². The lowest BCUT2D eigenvalue weighted by Gasteiger charge is -2.26. The number of para-hydroxylation sites is 1. The molecule has 214 valence electrons. The number of fused-ring (bicyclic) bond motifs is 8. The van der Waals surface area contributed by atoms with Gasteiger partial charge in [0.1, 0.15) is 11.4 Å². The van der Waals surface area contributed by atoms with E-state index in [1.54, 1.807) is 0 Å². The summed E-state index contributed by atoms with van der Waals surface area (Å²) in [6.45, 7) is 2.19. The van der Waals surface area contributed by atoms with E-state index in [4.69, 9.17) is 4.74 Å². The number of allylic oxidation sites excluding steroid dienone is 2. The molecule has 1 atom stereocenters. The highest BCUT2D eigenvalue weighted by atomic mass is 16.5. The highest BCUT2D eigenvalue weighted by molar-refractivity contribution is 6.17. The lowest BCUT2D eigenvalue weighted by molar-refractivity contribution is 0.170. The van der Waals surface area contributed by atoms with Crippen LogP contribution in [0.1, 0.15) is 18.9 Å². The van der Waals surface area contributed by atoms with E-state index in [0.29, 0.717) is 0 Å². The molecule has 2 aliphatic rings. The van der Waals surface area contributed by atoms with Crippen molar-refractivity contribution in [3.05, 3.63) is 163 Å². The van der Waals surface area contributed by atoms with E-state index in [0.717, 1.165) is 29.2 Å². The van der Waals surface area contributed by atoms with Crippen molar-refractivity contribution in [2.24, 2.45) is 0 Å². The third-order valence-corrected chi connectivity index (χ3v) is 9.54. The third kappa shape index (κ3) is 4.17. The first kappa shape index (κ1) is 25.9. The fourth-order valence-corrected chi connectivity index (χ4v) is 7.25. The van der Waals surface area contributed by atoms with Crippen LogP contribution in [-0.4, -0.2) is 5.60 Å². The van der Waals surface area contributed by atoms with Gasteiger partial charge in [0.2, 0.25) is 0 Å². The maximum absolute atomic E-state index is 6.44. The average Bonchev–Trinajstić information content (AvgIpc) is 3.40. The molecular formula is C43H31NO. The summed E-state index contributed by atoms with van der Waals surface area (Å²) in [5.41, 5.74) is 7.89. The number of benzene rings is 7. The minimum atomic E-state index is -0.297. The number of rotatable bonds is 4. The molecule has 45 heavy (non-hydrogen) atoms. The second kappa shape index (κ2) is 9.97. The van der Waals surface area contributed by atoms with E-state index in [9.17, 15) is 0 Å². The highest BCUT2D eigenvalue weighted by Gasteiger charge is 2.40. The largest absolute Gasteiger partial charge is 0.482 e. The van der Waals surface area contributed by atoms with Gasteiger partial charge in [-0.3, -0.25) is 0 Å². The second-order valence-electron chi connectivity index (χ2n) is 12.3. The van der Waals surface area contributed by atoms with Gasteiger partial charge in [-0.15, -0.1) is 0 Å². The minimum Gasteiger partial charge on any atom is -0.482 e. The van der Waals surface area contributed by atoms with Gasteiger partial charge in [-0.25, -0.2) is 0 Å². The Balaban J connectivity index is 1.10. The topological polar surface area (TPSA) is 12.5 Å². The number of anilines is 3. The summed E-state index contributed by atoms with van der Waals surface area (Å²) in [4.78, 5) is 2.33. The molecule has 9 rings (SSSR count). The Labute approximate surface area is 263 Å². The summed E-state index contributed by atoms with van der Waals surface area (Å²) in [6.07, 6.45) is 7.42. The Morgan fingerprint density at radius 1 is 0.556 bits per heavy atom. The molecule has 0 bridgehead atoms. The van der Waals surface area contributed by atoms with Crippen LogP contribution in [0.3, 0.4) is 0 Å². The average molecular weight is 578 g/mol. The fourth-order valence-electron chi connectivity index (χ4n) is 7.25. The van der Waals surface area contributed by atoms with Crippen LogP contribution in [0.2, 0.25) is 0 Å². The Bertz CT molecular complexity index is 2330. The molecule has 0 fully saturated rings.